The Morgan fingerprint density at radius 2 is 0.696 bits per heavy atom. The molecule has 1 N–H and O–H groups in total. The van der Waals surface area contributed by atoms with Crippen LogP contribution in [0.25, 0.3) is 0 Å². The second kappa shape index (κ2) is 38.4. The lowest BCUT2D eigenvalue weighted by Crippen LogP contribution is -2.18. The molecule has 1 unspecified atom stereocenters. The van der Waals surface area contributed by atoms with E-state index in [-0.39, 0.29) is 11.9 Å². The van der Waals surface area contributed by atoms with Crippen molar-refractivity contribution in [1.82, 2.24) is 0 Å². The molecule has 0 fully saturated rings. The number of rotatable bonds is 39. The fraction of sp³-hybridized carbons (Fsp3) is 0.952. The number of carboxylic acids is 1. The van der Waals surface area contributed by atoms with Gasteiger partial charge in [-0.15, -0.1) is 0 Å². The SMILES string of the molecule is CCCCCCCCCCCCCCC(CCCCCCCCCCCCCCCCCC(=O)O)C(=O)OCCCCCCCC. The first-order valence-corrected chi connectivity index (χ1v) is 21.0. The van der Waals surface area contributed by atoms with Gasteiger partial charge in [-0.3, -0.25) is 9.59 Å². The average Bonchev–Trinajstić information content (AvgIpc) is 3.05. The molecular formula is C42H82O4. The summed E-state index contributed by atoms with van der Waals surface area (Å²) in [6, 6.07) is 0. The van der Waals surface area contributed by atoms with Crippen molar-refractivity contribution in [2.24, 2.45) is 5.92 Å². The van der Waals surface area contributed by atoms with E-state index in [4.69, 9.17) is 9.84 Å². The normalized spacial score (nSPS) is 12.0. The van der Waals surface area contributed by atoms with Crippen LogP contribution in [0.4, 0.5) is 0 Å². The summed E-state index contributed by atoms with van der Waals surface area (Å²) >= 11 is 0. The number of carbonyl (C=O) groups excluding carboxylic acids is 1. The highest BCUT2D eigenvalue weighted by atomic mass is 16.5. The standard InChI is InChI=1S/C42H82O4/c1-3-5-7-9-11-12-13-19-22-25-28-32-36-40(42(45)46-39-35-31-10-8-6-4-2)37-33-29-26-23-20-17-15-14-16-18-21-24-27-30-34-38-41(43)44/h40H,3-39H2,1-2H3,(H,43,44). The smallest absolute Gasteiger partial charge is 0.308 e. The van der Waals surface area contributed by atoms with Gasteiger partial charge in [-0.05, 0) is 25.7 Å². The number of unbranched alkanes of at least 4 members (excludes halogenated alkanes) is 30. The van der Waals surface area contributed by atoms with Crippen LogP contribution >= 0.6 is 0 Å². The molecule has 0 aliphatic heterocycles. The van der Waals surface area contributed by atoms with Gasteiger partial charge in [0.1, 0.15) is 0 Å². The van der Waals surface area contributed by atoms with E-state index in [9.17, 15) is 9.59 Å². The lowest BCUT2D eigenvalue weighted by Gasteiger charge is -2.16. The molecule has 4 nitrogen and oxygen atoms in total. The number of hydrogen-bond acceptors (Lipinski definition) is 3. The van der Waals surface area contributed by atoms with Crippen LogP contribution in [0.15, 0.2) is 0 Å². The van der Waals surface area contributed by atoms with E-state index >= 15 is 0 Å². The zero-order valence-corrected chi connectivity index (χ0v) is 31.4. The molecule has 0 saturated heterocycles. The quantitative estimate of drug-likeness (QED) is 0.0531. The fourth-order valence-corrected chi connectivity index (χ4v) is 6.75. The van der Waals surface area contributed by atoms with Gasteiger partial charge in [0.2, 0.25) is 0 Å². The number of ether oxygens (including phenoxy) is 1. The van der Waals surface area contributed by atoms with Gasteiger partial charge in [-0.1, -0.05) is 213 Å². The molecule has 0 amide bonds. The van der Waals surface area contributed by atoms with Gasteiger partial charge in [0.15, 0.2) is 0 Å². The largest absolute Gasteiger partial charge is 0.481 e. The second-order valence-corrected chi connectivity index (χ2v) is 14.5. The Balaban J connectivity index is 3.94. The minimum absolute atomic E-state index is 0.0924. The summed E-state index contributed by atoms with van der Waals surface area (Å²) in [4.78, 5) is 23.5. The Hall–Kier alpha value is -1.06. The van der Waals surface area contributed by atoms with Crippen molar-refractivity contribution in [3.63, 3.8) is 0 Å². The monoisotopic (exact) mass is 651 g/mol. The zero-order valence-electron chi connectivity index (χ0n) is 31.4. The van der Waals surface area contributed by atoms with Crippen molar-refractivity contribution in [2.75, 3.05) is 6.61 Å². The van der Waals surface area contributed by atoms with Crippen LogP contribution in [0.2, 0.25) is 0 Å². The summed E-state index contributed by atoms with van der Waals surface area (Å²) in [6.45, 7) is 5.16. The first-order valence-electron chi connectivity index (χ1n) is 21.0. The lowest BCUT2D eigenvalue weighted by atomic mass is 9.94. The first-order chi connectivity index (χ1) is 22.6. The van der Waals surface area contributed by atoms with E-state index < -0.39 is 5.97 Å². The third kappa shape index (κ3) is 35.8. The lowest BCUT2D eigenvalue weighted by molar-refractivity contribution is -0.149. The summed E-state index contributed by atoms with van der Waals surface area (Å²) in [5, 5.41) is 8.68. The van der Waals surface area contributed by atoms with E-state index in [0.717, 1.165) is 32.1 Å². The summed E-state index contributed by atoms with van der Waals surface area (Å²) in [7, 11) is 0. The minimum atomic E-state index is -0.662. The summed E-state index contributed by atoms with van der Waals surface area (Å²) in [5.74, 6) is -0.451. The van der Waals surface area contributed by atoms with Crippen LogP contribution in [0.3, 0.4) is 0 Å². The van der Waals surface area contributed by atoms with Crippen LogP contribution in [0.5, 0.6) is 0 Å². The highest BCUT2D eigenvalue weighted by Crippen LogP contribution is 2.22. The summed E-state index contributed by atoms with van der Waals surface area (Å²) < 4.78 is 5.80. The molecule has 0 aromatic heterocycles. The topological polar surface area (TPSA) is 63.6 Å². The molecule has 4 heteroatoms. The van der Waals surface area contributed by atoms with Crippen molar-refractivity contribution in [3.05, 3.63) is 0 Å². The molecule has 0 heterocycles. The molecule has 46 heavy (non-hydrogen) atoms. The Kier molecular flexibility index (Phi) is 37.5. The van der Waals surface area contributed by atoms with Crippen LogP contribution in [-0.4, -0.2) is 23.7 Å². The van der Waals surface area contributed by atoms with Gasteiger partial charge in [0.25, 0.3) is 0 Å². The number of carboxylic acid groups (broad SMARTS) is 1. The van der Waals surface area contributed by atoms with Gasteiger partial charge in [-0.2, -0.15) is 0 Å². The van der Waals surface area contributed by atoms with Gasteiger partial charge in [0.05, 0.1) is 12.5 Å². The second-order valence-electron chi connectivity index (χ2n) is 14.5. The predicted molar refractivity (Wildman–Crippen MR) is 200 cm³/mol. The molecule has 0 radical (unpaired) electrons. The Morgan fingerprint density at radius 1 is 0.413 bits per heavy atom. The molecule has 274 valence electrons. The summed E-state index contributed by atoms with van der Waals surface area (Å²) in [6.07, 6.45) is 45.0. The Bertz CT molecular complexity index is 619. The molecule has 0 aromatic rings. The first kappa shape index (κ1) is 44.9. The molecule has 0 aromatic carbocycles. The minimum Gasteiger partial charge on any atom is -0.481 e. The molecule has 1 atom stereocenters. The average molecular weight is 651 g/mol. The Labute approximate surface area is 288 Å². The van der Waals surface area contributed by atoms with Crippen molar-refractivity contribution in [1.29, 1.82) is 0 Å². The van der Waals surface area contributed by atoms with E-state index in [0.29, 0.717) is 13.0 Å². The van der Waals surface area contributed by atoms with Gasteiger partial charge >= 0.3 is 11.9 Å². The molecule has 0 spiro atoms. The third-order valence-electron chi connectivity index (χ3n) is 9.92. The molecule has 0 aliphatic rings. The van der Waals surface area contributed by atoms with Crippen molar-refractivity contribution >= 4 is 11.9 Å². The van der Waals surface area contributed by atoms with Crippen molar-refractivity contribution < 1.29 is 19.4 Å². The van der Waals surface area contributed by atoms with Crippen LogP contribution in [-0.2, 0) is 14.3 Å². The van der Waals surface area contributed by atoms with Gasteiger partial charge < -0.3 is 9.84 Å². The number of hydrogen-bond donors (Lipinski definition) is 1. The van der Waals surface area contributed by atoms with Crippen molar-refractivity contribution in [3.8, 4) is 0 Å². The number of esters is 1. The van der Waals surface area contributed by atoms with E-state index in [1.54, 1.807) is 0 Å². The molecular weight excluding hydrogens is 568 g/mol. The highest BCUT2D eigenvalue weighted by Gasteiger charge is 2.19. The van der Waals surface area contributed by atoms with Crippen LogP contribution < -0.4 is 0 Å². The Morgan fingerprint density at radius 3 is 1.02 bits per heavy atom. The molecule has 0 bridgehead atoms. The van der Waals surface area contributed by atoms with E-state index in [1.807, 2.05) is 0 Å². The maximum Gasteiger partial charge on any atom is 0.308 e. The van der Waals surface area contributed by atoms with Gasteiger partial charge in [-0.25, -0.2) is 0 Å². The molecule has 0 aliphatic carbocycles. The van der Waals surface area contributed by atoms with E-state index in [1.165, 1.54) is 193 Å². The number of aliphatic carboxylic acids is 1. The zero-order chi connectivity index (χ0) is 33.6. The van der Waals surface area contributed by atoms with E-state index in [2.05, 4.69) is 13.8 Å². The van der Waals surface area contributed by atoms with Gasteiger partial charge in [0, 0.05) is 6.42 Å². The fourth-order valence-electron chi connectivity index (χ4n) is 6.75. The maximum absolute atomic E-state index is 13.0. The summed E-state index contributed by atoms with van der Waals surface area (Å²) in [5.41, 5.74) is 0. The molecule has 0 rings (SSSR count). The third-order valence-corrected chi connectivity index (χ3v) is 9.92. The van der Waals surface area contributed by atoms with Crippen LogP contribution in [0, 0.1) is 5.92 Å². The predicted octanol–water partition coefficient (Wildman–Crippen LogP) is 14.3. The van der Waals surface area contributed by atoms with Crippen molar-refractivity contribution in [2.45, 2.75) is 245 Å². The highest BCUT2D eigenvalue weighted by molar-refractivity contribution is 5.72. The molecule has 0 saturated carbocycles. The van der Waals surface area contributed by atoms with Crippen LogP contribution in [0.1, 0.15) is 245 Å². The maximum atomic E-state index is 13.0. The number of carbonyl (C=O) groups is 2.